The Morgan fingerprint density at radius 1 is 1.33 bits per heavy atom. The number of carbonyl (C=O) groups is 1. The summed E-state index contributed by atoms with van der Waals surface area (Å²) in [5.41, 5.74) is 0.602. The monoisotopic (exact) mass is 251 g/mol. The minimum absolute atomic E-state index is 0.0873. The fourth-order valence-corrected chi connectivity index (χ4v) is 2.12. The number of anilines is 1. The van der Waals surface area contributed by atoms with E-state index in [-0.39, 0.29) is 18.5 Å². The van der Waals surface area contributed by atoms with Crippen LogP contribution in [0.25, 0.3) is 0 Å². The van der Waals surface area contributed by atoms with Gasteiger partial charge in [-0.05, 0) is 19.3 Å². The molecule has 0 aromatic carbocycles. The summed E-state index contributed by atoms with van der Waals surface area (Å²) in [5, 5.41) is 12.6. The first kappa shape index (κ1) is 12.6. The van der Waals surface area contributed by atoms with Crippen LogP contribution in [-0.4, -0.2) is 33.9 Å². The van der Waals surface area contributed by atoms with Crippen molar-refractivity contribution >= 4 is 11.7 Å². The van der Waals surface area contributed by atoms with Crippen LogP contribution in [0.4, 0.5) is 5.69 Å². The van der Waals surface area contributed by atoms with Gasteiger partial charge in [0.05, 0.1) is 24.8 Å². The van der Waals surface area contributed by atoms with Gasteiger partial charge in [0.2, 0.25) is 0 Å². The molecule has 0 saturated carbocycles. The lowest BCUT2D eigenvalue weighted by atomic mass is 10.1. The van der Waals surface area contributed by atoms with E-state index in [2.05, 4.69) is 10.00 Å². The van der Waals surface area contributed by atoms with Crippen LogP contribution in [0.3, 0.4) is 0 Å². The summed E-state index contributed by atoms with van der Waals surface area (Å²) in [6, 6.07) is 1.54. The normalized spacial score (nSPS) is 15.7. The van der Waals surface area contributed by atoms with Crippen LogP contribution < -0.4 is 10.5 Å². The van der Waals surface area contributed by atoms with Crippen molar-refractivity contribution in [2.45, 2.75) is 32.2 Å². The number of hydrogen-bond acceptors (Lipinski definition) is 4. The largest absolute Gasteiger partial charge is 0.481 e. The summed E-state index contributed by atoms with van der Waals surface area (Å²) in [4.78, 5) is 24.4. The summed E-state index contributed by atoms with van der Waals surface area (Å²) in [6.07, 6.45) is 5.08. The third kappa shape index (κ3) is 3.09. The Morgan fingerprint density at radius 3 is 2.67 bits per heavy atom. The number of carboxylic acid groups (broad SMARTS) is 1. The van der Waals surface area contributed by atoms with Gasteiger partial charge in [-0.1, -0.05) is 0 Å². The van der Waals surface area contributed by atoms with E-state index in [0.717, 1.165) is 31.6 Å². The highest BCUT2D eigenvalue weighted by Crippen LogP contribution is 2.16. The molecule has 1 aliphatic heterocycles. The van der Waals surface area contributed by atoms with Crippen LogP contribution in [-0.2, 0) is 11.3 Å². The Hall–Kier alpha value is -1.85. The lowest BCUT2D eigenvalue weighted by molar-refractivity contribution is -0.137. The topological polar surface area (TPSA) is 75.4 Å². The van der Waals surface area contributed by atoms with Gasteiger partial charge in [0.1, 0.15) is 0 Å². The average molecular weight is 251 g/mol. The van der Waals surface area contributed by atoms with E-state index in [1.807, 2.05) is 0 Å². The molecule has 2 rings (SSSR count). The van der Waals surface area contributed by atoms with Gasteiger partial charge in [-0.3, -0.25) is 9.59 Å². The second-order valence-electron chi connectivity index (χ2n) is 4.47. The summed E-state index contributed by atoms with van der Waals surface area (Å²) >= 11 is 0. The molecule has 98 valence electrons. The first-order chi connectivity index (χ1) is 8.66. The van der Waals surface area contributed by atoms with E-state index in [1.54, 1.807) is 12.3 Å². The predicted molar refractivity (Wildman–Crippen MR) is 66.8 cm³/mol. The van der Waals surface area contributed by atoms with E-state index in [9.17, 15) is 9.59 Å². The molecule has 0 bridgehead atoms. The van der Waals surface area contributed by atoms with Gasteiger partial charge in [0.15, 0.2) is 0 Å². The van der Waals surface area contributed by atoms with Gasteiger partial charge in [0.25, 0.3) is 5.56 Å². The fraction of sp³-hybridized carbons (Fsp3) is 0.583. The number of rotatable bonds is 4. The molecule has 0 unspecified atom stereocenters. The molecule has 0 spiro atoms. The van der Waals surface area contributed by atoms with Crippen molar-refractivity contribution in [1.29, 1.82) is 0 Å². The zero-order valence-electron chi connectivity index (χ0n) is 10.2. The second-order valence-corrected chi connectivity index (χ2v) is 4.47. The zero-order chi connectivity index (χ0) is 13.0. The Labute approximate surface area is 105 Å². The van der Waals surface area contributed by atoms with Crippen molar-refractivity contribution in [2.24, 2.45) is 0 Å². The van der Waals surface area contributed by atoms with Crippen LogP contribution in [0.15, 0.2) is 17.1 Å². The van der Waals surface area contributed by atoms with E-state index < -0.39 is 5.97 Å². The van der Waals surface area contributed by atoms with Crippen molar-refractivity contribution in [3.63, 3.8) is 0 Å². The SMILES string of the molecule is O=C(O)CCn1ncc(N2CCCCC2)cc1=O. The van der Waals surface area contributed by atoms with Gasteiger partial charge in [-0.2, -0.15) is 5.10 Å². The molecule has 1 saturated heterocycles. The molecule has 1 fully saturated rings. The van der Waals surface area contributed by atoms with Crippen molar-refractivity contribution in [1.82, 2.24) is 9.78 Å². The maximum absolute atomic E-state index is 11.8. The molecule has 2 heterocycles. The minimum atomic E-state index is -0.927. The Kier molecular flexibility index (Phi) is 3.96. The van der Waals surface area contributed by atoms with Crippen LogP contribution >= 0.6 is 0 Å². The lowest BCUT2D eigenvalue weighted by Crippen LogP contribution is -2.32. The number of aryl methyl sites for hydroxylation is 1. The fourth-order valence-electron chi connectivity index (χ4n) is 2.12. The van der Waals surface area contributed by atoms with E-state index in [1.165, 1.54) is 11.1 Å². The number of carboxylic acids is 1. The Morgan fingerprint density at radius 2 is 2.06 bits per heavy atom. The molecule has 1 aromatic heterocycles. The van der Waals surface area contributed by atoms with Crippen molar-refractivity contribution in [2.75, 3.05) is 18.0 Å². The number of aliphatic carboxylic acids is 1. The summed E-state index contributed by atoms with van der Waals surface area (Å²) in [7, 11) is 0. The molecule has 1 N–H and O–H groups in total. The van der Waals surface area contributed by atoms with E-state index in [4.69, 9.17) is 5.11 Å². The van der Waals surface area contributed by atoms with E-state index in [0.29, 0.717) is 0 Å². The first-order valence-corrected chi connectivity index (χ1v) is 6.21. The molecular weight excluding hydrogens is 234 g/mol. The number of aromatic nitrogens is 2. The Balaban J connectivity index is 2.09. The summed E-state index contributed by atoms with van der Waals surface area (Å²) in [5.74, 6) is -0.927. The van der Waals surface area contributed by atoms with Crippen LogP contribution in [0.1, 0.15) is 25.7 Å². The van der Waals surface area contributed by atoms with Gasteiger partial charge in [0, 0.05) is 19.2 Å². The molecule has 0 aliphatic carbocycles. The van der Waals surface area contributed by atoms with Crippen LogP contribution in [0, 0.1) is 0 Å². The molecular formula is C12H17N3O3. The summed E-state index contributed by atoms with van der Waals surface area (Å²) < 4.78 is 1.20. The quantitative estimate of drug-likeness (QED) is 0.852. The smallest absolute Gasteiger partial charge is 0.305 e. The molecule has 0 amide bonds. The third-order valence-electron chi connectivity index (χ3n) is 3.11. The number of piperidine rings is 1. The molecule has 0 atom stereocenters. The first-order valence-electron chi connectivity index (χ1n) is 6.21. The average Bonchev–Trinajstić information content (AvgIpc) is 2.38. The highest BCUT2D eigenvalue weighted by atomic mass is 16.4. The molecule has 18 heavy (non-hydrogen) atoms. The van der Waals surface area contributed by atoms with Gasteiger partial charge < -0.3 is 10.0 Å². The Bertz CT molecular complexity index is 478. The van der Waals surface area contributed by atoms with E-state index >= 15 is 0 Å². The van der Waals surface area contributed by atoms with Gasteiger partial charge in [-0.15, -0.1) is 0 Å². The van der Waals surface area contributed by atoms with Gasteiger partial charge in [-0.25, -0.2) is 4.68 Å². The minimum Gasteiger partial charge on any atom is -0.481 e. The number of nitrogens with zero attached hydrogens (tertiary/aromatic N) is 3. The third-order valence-corrected chi connectivity index (χ3v) is 3.11. The highest BCUT2D eigenvalue weighted by Gasteiger charge is 2.12. The molecule has 6 nitrogen and oxygen atoms in total. The van der Waals surface area contributed by atoms with Crippen molar-refractivity contribution in [3.8, 4) is 0 Å². The van der Waals surface area contributed by atoms with Gasteiger partial charge >= 0.3 is 5.97 Å². The second kappa shape index (κ2) is 5.66. The molecule has 0 radical (unpaired) electrons. The lowest BCUT2D eigenvalue weighted by Gasteiger charge is -2.28. The number of hydrogen-bond donors (Lipinski definition) is 1. The maximum atomic E-state index is 11.8. The highest BCUT2D eigenvalue weighted by molar-refractivity contribution is 5.66. The summed E-state index contributed by atoms with van der Waals surface area (Å²) in [6.45, 7) is 2.04. The molecule has 6 heteroatoms. The van der Waals surface area contributed by atoms with Crippen molar-refractivity contribution < 1.29 is 9.90 Å². The van der Waals surface area contributed by atoms with Crippen LogP contribution in [0.5, 0.6) is 0 Å². The standard InChI is InChI=1S/C12H17N3O3/c16-11-8-10(14-5-2-1-3-6-14)9-13-15(11)7-4-12(17)18/h8-9H,1-7H2,(H,17,18). The zero-order valence-corrected chi connectivity index (χ0v) is 10.2. The van der Waals surface area contributed by atoms with Crippen LogP contribution in [0.2, 0.25) is 0 Å². The molecule has 1 aliphatic rings. The molecule has 1 aromatic rings. The van der Waals surface area contributed by atoms with Crippen molar-refractivity contribution in [3.05, 3.63) is 22.6 Å². The predicted octanol–water partition coefficient (Wildman–Crippen LogP) is 0.708. The maximum Gasteiger partial charge on any atom is 0.305 e.